The molecule has 0 aliphatic heterocycles. The third-order valence-electron chi connectivity index (χ3n) is 6.50. The molecule has 2 aromatic heterocycles. The maximum Gasteiger partial charge on any atom is 0.255 e. The number of anilines is 6. The van der Waals surface area contributed by atoms with E-state index in [1.165, 1.54) is 0 Å². The van der Waals surface area contributed by atoms with E-state index < -0.39 is 0 Å². The predicted molar refractivity (Wildman–Crippen MR) is 154 cm³/mol. The number of amides is 1. The zero-order valence-corrected chi connectivity index (χ0v) is 23.6. The van der Waals surface area contributed by atoms with Gasteiger partial charge in [-0.25, -0.2) is 4.57 Å². The molecule has 1 amide bonds. The van der Waals surface area contributed by atoms with Crippen LogP contribution in [0.4, 0.5) is 34.1 Å². The van der Waals surface area contributed by atoms with Crippen molar-refractivity contribution in [2.45, 2.75) is 26.9 Å². The molecule has 5 N–H and O–H groups in total. The maximum absolute atomic E-state index is 12.8. The lowest BCUT2D eigenvalue weighted by Crippen LogP contribution is -3.00. The second kappa shape index (κ2) is 12.4. The molecule has 5 rings (SSSR count). The number of aryl methyl sites for hydroxylation is 2. The lowest BCUT2D eigenvalue weighted by Gasteiger charge is -2.11. The van der Waals surface area contributed by atoms with E-state index in [4.69, 9.17) is 5.73 Å². The monoisotopic (exact) mass is 583 g/mol. The molecule has 0 unspecified atom stereocenters. The Morgan fingerprint density at radius 3 is 2.00 bits per heavy atom. The van der Waals surface area contributed by atoms with Gasteiger partial charge in [0.05, 0.1) is 16.8 Å². The van der Waals surface area contributed by atoms with Gasteiger partial charge in [0.1, 0.15) is 13.1 Å². The van der Waals surface area contributed by atoms with Gasteiger partial charge in [-0.3, -0.25) is 4.79 Å². The molecule has 2 heterocycles. The summed E-state index contributed by atoms with van der Waals surface area (Å²) in [4.78, 5) is 12.8. The number of rotatable bonds is 8. The summed E-state index contributed by atoms with van der Waals surface area (Å²) in [5, 5.41) is 10.9. The summed E-state index contributed by atoms with van der Waals surface area (Å²) in [6.45, 7) is 6.03. The number of nitrogens with one attached hydrogen (secondary N) is 3. The highest BCUT2D eigenvalue weighted by Crippen LogP contribution is 2.26. The summed E-state index contributed by atoms with van der Waals surface area (Å²) >= 11 is 0. The van der Waals surface area contributed by atoms with Crippen LogP contribution in [-0.2, 0) is 13.1 Å². The highest BCUT2D eigenvalue weighted by molar-refractivity contribution is 6.04. The molecule has 0 aliphatic rings. The van der Waals surface area contributed by atoms with Crippen LogP contribution in [0, 0.1) is 0 Å². The van der Waals surface area contributed by atoms with Crippen molar-refractivity contribution in [2.24, 2.45) is 0 Å². The van der Waals surface area contributed by atoms with Gasteiger partial charge in [0, 0.05) is 52.6 Å². The third-order valence-corrected chi connectivity index (χ3v) is 6.50. The van der Waals surface area contributed by atoms with Crippen LogP contribution in [0.2, 0.25) is 0 Å². The summed E-state index contributed by atoms with van der Waals surface area (Å²) in [5.41, 5.74) is 13.0. The number of carbonyl (C=O) groups excluding carboxylic acids is 1. The van der Waals surface area contributed by atoms with E-state index in [1.807, 2.05) is 97.3 Å². The zero-order valence-electron chi connectivity index (χ0n) is 22.0. The first-order chi connectivity index (χ1) is 18.5. The number of hydrogen-bond acceptors (Lipinski definition) is 4. The molecule has 0 saturated carbocycles. The quantitative estimate of drug-likeness (QED) is 0.167. The van der Waals surface area contributed by atoms with Crippen molar-refractivity contribution in [3.05, 3.63) is 109 Å². The number of aromatic nitrogens is 2. The zero-order chi connectivity index (χ0) is 26.5. The Morgan fingerprint density at radius 2 is 1.33 bits per heavy atom. The number of halogens is 1. The number of carbonyl (C=O) groups is 1. The Balaban J connectivity index is 0.00000353. The second-order valence-electron chi connectivity index (χ2n) is 9.07. The van der Waals surface area contributed by atoms with Crippen LogP contribution < -0.4 is 47.8 Å². The van der Waals surface area contributed by atoms with Crippen LogP contribution >= 0.6 is 0 Å². The number of pyridine rings is 2. The lowest BCUT2D eigenvalue weighted by atomic mass is 10.1. The minimum atomic E-state index is -0.161. The van der Waals surface area contributed by atoms with Gasteiger partial charge in [-0.2, -0.15) is 4.57 Å². The number of nitrogens with two attached hydrogens (primary N) is 1. The standard InChI is InChI=1S/C31H30N6O.BrH/c1-3-36-18-15-27(16-19-36)33-24-10-12-26(13-11-24)35-31(38)22-5-8-25(9-6-22)34-29-17-20-37(4-2)30-14-7-23(32)21-28(29)30;/h5-21H,3-4,32H2,1-2H3,(H,35,38);1H/p+1. The van der Waals surface area contributed by atoms with Gasteiger partial charge in [-0.05, 0) is 74.5 Å². The van der Waals surface area contributed by atoms with E-state index in [1.54, 1.807) is 0 Å². The van der Waals surface area contributed by atoms with Crippen LogP contribution in [-0.4, -0.2) is 5.91 Å². The molecule has 198 valence electrons. The number of nitrogen functional groups attached to an aromatic ring is 1. The average molecular weight is 585 g/mol. The first-order valence-corrected chi connectivity index (χ1v) is 12.8. The molecule has 0 spiro atoms. The number of benzene rings is 3. The Hall–Kier alpha value is -4.43. The molecular weight excluding hydrogens is 552 g/mol. The normalized spacial score (nSPS) is 10.5. The first-order valence-electron chi connectivity index (χ1n) is 12.8. The molecule has 0 radical (unpaired) electrons. The van der Waals surface area contributed by atoms with Gasteiger partial charge in [-0.1, -0.05) is 0 Å². The molecule has 0 saturated heterocycles. The molecule has 0 aliphatic carbocycles. The van der Waals surface area contributed by atoms with Crippen molar-refractivity contribution in [1.82, 2.24) is 0 Å². The van der Waals surface area contributed by atoms with E-state index in [0.29, 0.717) is 5.56 Å². The van der Waals surface area contributed by atoms with E-state index in [0.717, 1.165) is 58.1 Å². The number of hydrogen-bond donors (Lipinski definition) is 4. The smallest absolute Gasteiger partial charge is 0.255 e. The van der Waals surface area contributed by atoms with Gasteiger partial charge >= 0.3 is 0 Å². The average Bonchev–Trinajstić information content (AvgIpc) is 2.95. The van der Waals surface area contributed by atoms with Crippen molar-refractivity contribution in [1.29, 1.82) is 0 Å². The van der Waals surface area contributed by atoms with Crippen LogP contribution in [0.3, 0.4) is 0 Å². The highest BCUT2D eigenvalue weighted by atomic mass is 79.9. The summed E-state index contributed by atoms with van der Waals surface area (Å²) < 4.78 is 4.28. The largest absolute Gasteiger partial charge is 1.00 e. The fraction of sp³-hybridized carbons (Fsp3) is 0.129. The molecule has 8 heteroatoms. The molecule has 0 fully saturated rings. The minimum Gasteiger partial charge on any atom is -1.00 e. The Morgan fingerprint density at radius 1 is 0.718 bits per heavy atom. The molecular formula is C31H32BrN6O+. The summed E-state index contributed by atoms with van der Waals surface area (Å²) in [6.07, 6.45) is 6.14. The summed E-state index contributed by atoms with van der Waals surface area (Å²) in [7, 11) is 0. The van der Waals surface area contributed by atoms with Gasteiger partial charge < -0.3 is 38.7 Å². The molecule has 0 atom stereocenters. The maximum atomic E-state index is 12.8. The van der Waals surface area contributed by atoms with Crippen molar-refractivity contribution >= 4 is 50.9 Å². The molecule has 3 aromatic carbocycles. The van der Waals surface area contributed by atoms with Gasteiger partial charge in [0.2, 0.25) is 5.52 Å². The van der Waals surface area contributed by atoms with Gasteiger partial charge in [0.25, 0.3) is 5.91 Å². The predicted octanol–water partition coefficient (Wildman–Crippen LogP) is 2.78. The van der Waals surface area contributed by atoms with Crippen LogP contribution in [0.15, 0.2) is 104 Å². The molecule has 39 heavy (non-hydrogen) atoms. The second-order valence-corrected chi connectivity index (χ2v) is 9.07. The Kier molecular flexibility index (Phi) is 8.78. The van der Waals surface area contributed by atoms with Crippen LogP contribution in [0.1, 0.15) is 24.2 Å². The first kappa shape index (κ1) is 27.6. The third kappa shape index (κ3) is 6.53. The van der Waals surface area contributed by atoms with Crippen LogP contribution in [0.5, 0.6) is 0 Å². The number of nitrogens with zero attached hydrogens (tertiary/aromatic N) is 2. The summed E-state index contributed by atoms with van der Waals surface area (Å²) in [6, 6.07) is 27.2. The van der Waals surface area contributed by atoms with Crippen molar-refractivity contribution in [3.63, 3.8) is 0 Å². The Bertz CT molecular complexity index is 1570. The summed E-state index contributed by atoms with van der Waals surface area (Å²) in [5.74, 6) is -0.161. The van der Waals surface area contributed by atoms with Crippen molar-refractivity contribution in [2.75, 3.05) is 21.7 Å². The molecule has 7 nitrogen and oxygen atoms in total. The molecule has 5 aromatic rings. The van der Waals surface area contributed by atoms with E-state index in [9.17, 15) is 4.79 Å². The fourth-order valence-corrected chi connectivity index (χ4v) is 4.36. The van der Waals surface area contributed by atoms with Gasteiger partial charge in [-0.15, -0.1) is 0 Å². The minimum absolute atomic E-state index is 0. The topological polar surface area (TPSA) is 86.9 Å². The van der Waals surface area contributed by atoms with E-state index >= 15 is 0 Å². The van der Waals surface area contributed by atoms with Crippen molar-refractivity contribution in [3.8, 4) is 0 Å². The van der Waals surface area contributed by atoms with Crippen LogP contribution in [0.25, 0.3) is 10.9 Å². The van der Waals surface area contributed by atoms with Crippen molar-refractivity contribution < 1.29 is 30.9 Å². The molecule has 0 bridgehead atoms. The van der Waals surface area contributed by atoms with E-state index in [-0.39, 0.29) is 22.9 Å². The number of fused-ring (bicyclic) bond motifs is 1. The SMILES string of the molecule is CC[n+]1ccc(Nc2ccc(NC(=O)c3ccc(Nc4cc[n+](CC)c5ccc(N)cc45)cc3)cc2)cc1.[Br-]. The Labute approximate surface area is 239 Å². The fourth-order valence-electron chi connectivity index (χ4n) is 4.36. The van der Waals surface area contributed by atoms with Gasteiger partial charge in [0.15, 0.2) is 18.6 Å². The van der Waals surface area contributed by atoms with E-state index in [2.05, 4.69) is 45.1 Å². The highest BCUT2D eigenvalue weighted by Gasteiger charge is 2.13. The lowest BCUT2D eigenvalue weighted by molar-refractivity contribution is -0.693.